The largest absolute Gasteiger partial charge is 0.390 e. The number of hydrogen-bond acceptors (Lipinski definition) is 4. The number of aliphatic hydroxyl groups is 1. The van der Waals surface area contributed by atoms with Crippen LogP contribution in [-0.4, -0.2) is 45.5 Å². The van der Waals surface area contributed by atoms with Gasteiger partial charge in [-0.25, -0.2) is 0 Å². The molecule has 0 spiro atoms. The highest BCUT2D eigenvalue weighted by Gasteiger charge is 2.11. The van der Waals surface area contributed by atoms with Gasteiger partial charge in [0, 0.05) is 18.8 Å². The lowest BCUT2D eigenvalue weighted by Gasteiger charge is -2.23. The fourth-order valence-electron chi connectivity index (χ4n) is 1.30. The van der Waals surface area contributed by atoms with Crippen LogP contribution in [0.4, 0.5) is 5.82 Å². The third kappa shape index (κ3) is 3.89. The monoisotopic (exact) mass is 212 g/mol. The van der Waals surface area contributed by atoms with Crippen LogP contribution in [0.15, 0.2) is 12.3 Å². The average Bonchev–Trinajstić information content (AvgIpc) is 2.50. The van der Waals surface area contributed by atoms with Gasteiger partial charge in [-0.05, 0) is 27.0 Å². The number of rotatable bonds is 5. The van der Waals surface area contributed by atoms with Gasteiger partial charge in [-0.15, -0.1) is 0 Å². The van der Waals surface area contributed by atoms with Gasteiger partial charge in [0.05, 0.1) is 12.6 Å². The molecule has 1 heterocycles. The van der Waals surface area contributed by atoms with E-state index in [2.05, 4.69) is 23.8 Å². The summed E-state index contributed by atoms with van der Waals surface area (Å²) in [6, 6.07) is 2.15. The Balaban J connectivity index is 2.39. The summed E-state index contributed by atoms with van der Waals surface area (Å²) >= 11 is 0. The van der Waals surface area contributed by atoms with Gasteiger partial charge < -0.3 is 15.7 Å². The Morgan fingerprint density at radius 1 is 1.60 bits per heavy atom. The molecule has 86 valence electrons. The number of aliphatic hydroxyl groups excluding tert-OH is 1. The molecule has 1 aromatic rings. The van der Waals surface area contributed by atoms with Crippen molar-refractivity contribution in [3.05, 3.63) is 12.3 Å². The fraction of sp³-hybridized carbons (Fsp3) is 0.700. The standard InChI is InChI=1S/C10H20N4O/c1-8(2)13(3)6-9(15)7-14-5-4-10(11)12-14/h4-5,8-9,15H,6-7H2,1-3H3,(H2,11,12). The van der Waals surface area contributed by atoms with Crippen LogP contribution in [0.2, 0.25) is 0 Å². The Kier molecular flexibility index (Phi) is 4.11. The van der Waals surface area contributed by atoms with Crippen LogP contribution in [0.1, 0.15) is 13.8 Å². The summed E-state index contributed by atoms with van der Waals surface area (Å²) < 4.78 is 1.66. The highest BCUT2D eigenvalue weighted by Crippen LogP contribution is 2.01. The van der Waals surface area contributed by atoms with Crippen LogP contribution in [0.25, 0.3) is 0 Å². The molecule has 1 atom stereocenters. The molecular weight excluding hydrogens is 192 g/mol. The van der Waals surface area contributed by atoms with E-state index < -0.39 is 6.10 Å². The Labute approximate surface area is 90.5 Å². The maximum absolute atomic E-state index is 9.79. The van der Waals surface area contributed by atoms with Gasteiger partial charge >= 0.3 is 0 Å². The molecule has 0 saturated heterocycles. The van der Waals surface area contributed by atoms with E-state index in [0.717, 1.165) is 0 Å². The molecule has 0 bridgehead atoms. The molecule has 0 saturated carbocycles. The van der Waals surface area contributed by atoms with E-state index in [4.69, 9.17) is 5.73 Å². The molecule has 15 heavy (non-hydrogen) atoms. The highest BCUT2D eigenvalue weighted by molar-refractivity contribution is 5.23. The van der Waals surface area contributed by atoms with Crippen molar-refractivity contribution in [1.29, 1.82) is 0 Å². The lowest BCUT2D eigenvalue weighted by atomic mass is 10.3. The lowest BCUT2D eigenvalue weighted by molar-refractivity contribution is 0.0944. The SMILES string of the molecule is CC(C)N(C)CC(O)Cn1ccc(N)n1. The second-order valence-electron chi connectivity index (χ2n) is 4.15. The first-order valence-corrected chi connectivity index (χ1v) is 5.16. The first-order chi connectivity index (χ1) is 6.99. The predicted molar refractivity (Wildman–Crippen MR) is 60.4 cm³/mol. The smallest absolute Gasteiger partial charge is 0.145 e. The van der Waals surface area contributed by atoms with Crippen molar-refractivity contribution in [2.75, 3.05) is 19.3 Å². The Bertz CT molecular complexity index is 297. The van der Waals surface area contributed by atoms with Crippen molar-refractivity contribution in [1.82, 2.24) is 14.7 Å². The molecule has 0 amide bonds. The van der Waals surface area contributed by atoms with Crippen LogP contribution in [0, 0.1) is 0 Å². The van der Waals surface area contributed by atoms with Gasteiger partial charge in [0.2, 0.25) is 0 Å². The van der Waals surface area contributed by atoms with Crippen molar-refractivity contribution < 1.29 is 5.11 Å². The zero-order chi connectivity index (χ0) is 11.4. The molecule has 5 heteroatoms. The Morgan fingerprint density at radius 3 is 2.73 bits per heavy atom. The average molecular weight is 212 g/mol. The molecule has 0 aliphatic heterocycles. The zero-order valence-electron chi connectivity index (χ0n) is 9.59. The molecule has 1 aromatic heterocycles. The summed E-state index contributed by atoms with van der Waals surface area (Å²) in [4.78, 5) is 2.09. The third-order valence-corrected chi connectivity index (χ3v) is 2.44. The topological polar surface area (TPSA) is 67.3 Å². The molecule has 1 rings (SSSR count). The summed E-state index contributed by atoms with van der Waals surface area (Å²) in [5.74, 6) is 0.486. The number of nitrogens with zero attached hydrogens (tertiary/aromatic N) is 3. The van der Waals surface area contributed by atoms with Gasteiger partial charge in [0.25, 0.3) is 0 Å². The normalized spacial score (nSPS) is 13.7. The number of aromatic nitrogens is 2. The zero-order valence-corrected chi connectivity index (χ0v) is 9.59. The van der Waals surface area contributed by atoms with Crippen molar-refractivity contribution in [2.24, 2.45) is 0 Å². The first-order valence-electron chi connectivity index (χ1n) is 5.16. The summed E-state index contributed by atoms with van der Waals surface area (Å²) in [5, 5.41) is 13.8. The summed E-state index contributed by atoms with van der Waals surface area (Å²) in [6.07, 6.45) is 1.35. The van der Waals surface area contributed by atoms with Gasteiger partial charge in [-0.1, -0.05) is 0 Å². The number of anilines is 1. The maximum atomic E-state index is 9.79. The van der Waals surface area contributed by atoms with Gasteiger partial charge in [0.1, 0.15) is 5.82 Å². The van der Waals surface area contributed by atoms with Crippen molar-refractivity contribution in [2.45, 2.75) is 32.5 Å². The Hall–Kier alpha value is -1.07. The fourth-order valence-corrected chi connectivity index (χ4v) is 1.30. The van der Waals surface area contributed by atoms with Crippen LogP contribution >= 0.6 is 0 Å². The molecule has 1 unspecified atom stereocenters. The van der Waals surface area contributed by atoms with Gasteiger partial charge in [-0.2, -0.15) is 5.10 Å². The van der Waals surface area contributed by atoms with E-state index in [9.17, 15) is 5.11 Å². The van der Waals surface area contributed by atoms with Crippen LogP contribution in [0.3, 0.4) is 0 Å². The first kappa shape index (κ1) is 12.0. The molecule has 0 radical (unpaired) electrons. The van der Waals surface area contributed by atoms with E-state index in [-0.39, 0.29) is 0 Å². The molecular formula is C10H20N4O. The minimum Gasteiger partial charge on any atom is -0.390 e. The maximum Gasteiger partial charge on any atom is 0.145 e. The Morgan fingerprint density at radius 2 is 2.27 bits per heavy atom. The molecule has 0 aromatic carbocycles. The number of hydrogen-bond donors (Lipinski definition) is 2. The summed E-state index contributed by atoms with van der Waals surface area (Å²) in [7, 11) is 1.99. The minimum absolute atomic E-state index is 0.420. The molecule has 0 fully saturated rings. The number of likely N-dealkylation sites (N-methyl/N-ethyl adjacent to an activating group) is 1. The van der Waals surface area contributed by atoms with Crippen LogP contribution in [0.5, 0.6) is 0 Å². The van der Waals surface area contributed by atoms with Gasteiger partial charge in [-0.3, -0.25) is 4.68 Å². The quantitative estimate of drug-likeness (QED) is 0.730. The predicted octanol–water partition coefficient (Wildman–Crippen LogP) is 0.166. The number of nitrogen functional groups attached to an aromatic ring is 1. The van der Waals surface area contributed by atoms with E-state index in [1.165, 1.54) is 0 Å². The molecule has 0 aliphatic rings. The summed E-state index contributed by atoms with van der Waals surface area (Å²) in [5.41, 5.74) is 5.48. The van der Waals surface area contributed by atoms with Crippen molar-refractivity contribution in [3.63, 3.8) is 0 Å². The van der Waals surface area contributed by atoms with E-state index in [1.54, 1.807) is 16.9 Å². The van der Waals surface area contributed by atoms with Gasteiger partial charge in [0.15, 0.2) is 0 Å². The summed E-state index contributed by atoms with van der Waals surface area (Å²) in [6.45, 7) is 5.31. The second-order valence-corrected chi connectivity index (χ2v) is 4.15. The molecule has 0 aliphatic carbocycles. The van der Waals surface area contributed by atoms with Crippen molar-refractivity contribution >= 4 is 5.82 Å². The lowest BCUT2D eigenvalue weighted by Crippen LogP contribution is -2.36. The van der Waals surface area contributed by atoms with Crippen LogP contribution in [-0.2, 0) is 6.54 Å². The third-order valence-electron chi connectivity index (χ3n) is 2.44. The highest BCUT2D eigenvalue weighted by atomic mass is 16.3. The number of nitrogens with two attached hydrogens (primary N) is 1. The molecule has 3 N–H and O–H groups in total. The second kappa shape index (κ2) is 5.14. The van der Waals surface area contributed by atoms with E-state index in [0.29, 0.717) is 24.9 Å². The van der Waals surface area contributed by atoms with E-state index >= 15 is 0 Å². The minimum atomic E-state index is -0.420. The van der Waals surface area contributed by atoms with Crippen LogP contribution < -0.4 is 5.73 Å². The van der Waals surface area contributed by atoms with Crippen molar-refractivity contribution in [3.8, 4) is 0 Å². The molecule has 5 nitrogen and oxygen atoms in total. The van der Waals surface area contributed by atoms with E-state index in [1.807, 2.05) is 7.05 Å².